The minimum Gasteiger partial charge on any atom is -0.493 e. The van der Waals surface area contributed by atoms with E-state index in [0.717, 1.165) is 57.1 Å². The first kappa shape index (κ1) is 22.2. The lowest BCUT2D eigenvalue weighted by Gasteiger charge is -2.34. The lowest BCUT2D eigenvalue weighted by molar-refractivity contribution is -0.127. The van der Waals surface area contributed by atoms with Crippen molar-refractivity contribution in [2.24, 2.45) is 0 Å². The quantitative estimate of drug-likeness (QED) is 0.619. The van der Waals surface area contributed by atoms with Crippen molar-refractivity contribution in [1.82, 2.24) is 9.80 Å². The molecule has 0 spiro atoms. The van der Waals surface area contributed by atoms with Crippen LogP contribution >= 0.6 is 0 Å². The van der Waals surface area contributed by atoms with Crippen LogP contribution in [0.5, 0.6) is 17.2 Å². The molecule has 4 rings (SSSR count). The maximum atomic E-state index is 12.7. The molecule has 1 amide bonds. The molecule has 1 saturated heterocycles. The second-order valence-corrected chi connectivity index (χ2v) is 8.55. The van der Waals surface area contributed by atoms with Gasteiger partial charge in [0.15, 0.2) is 11.5 Å². The number of methoxy groups -OCH3 is 1. The summed E-state index contributed by atoms with van der Waals surface area (Å²) in [5.74, 6) is 2.44. The van der Waals surface area contributed by atoms with Crippen molar-refractivity contribution in [2.75, 3.05) is 39.9 Å². The third-order valence-corrected chi connectivity index (χ3v) is 5.81. The lowest BCUT2D eigenvalue weighted by atomic mass is 10.1. The highest BCUT2D eigenvalue weighted by Gasteiger charge is 2.20. The van der Waals surface area contributed by atoms with Crippen molar-refractivity contribution in [3.05, 3.63) is 59.2 Å². The van der Waals surface area contributed by atoms with Gasteiger partial charge in [-0.1, -0.05) is 18.2 Å². The molecule has 0 aliphatic carbocycles. The second kappa shape index (κ2) is 10.1. The number of hydrogen-bond acceptors (Lipinski definition) is 5. The van der Waals surface area contributed by atoms with Crippen LogP contribution in [-0.2, 0) is 17.8 Å². The Hall–Kier alpha value is -2.99. The van der Waals surface area contributed by atoms with Crippen LogP contribution in [0.3, 0.4) is 0 Å². The van der Waals surface area contributed by atoms with Crippen LogP contribution in [0.2, 0.25) is 0 Å². The predicted octanol–water partition coefficient (Wildman–Crippen LogP) is 3.77. The number of fused-ring (bicyclic) bond motifs is 1. The molecule has 6 heteroatoms. The number of benzene rings is 2. The molecule has 2 aromatic rings. The fraction of sp³-hybridized carbons (Fsp3) is 0.423. The van der Waals surface area contributed by atoms with Crippen LogP contribution < -0.4 is 14.2 Å². The van der Waals surface area contributed by atoms with Crippen molar-refractivity contribution < 1.29 is 19.0 Å². The summed E-state index contributed by atoms with van der Waals surface area (Å²) < 4.78 is 16.8. The monoisotopic (exact) mass is 436 g/mol. The van der Waals surface area contributed by atoms with Crippen LogP contribution in [0.1, 0.15) is 30.5 Å². The Bertz CT molecular complexity index is 978. The molecule has 2 aliphatic heterocycles. The van der Waals surface area contributed by atoms with Crippen molar-refractivity contribution in [3.8, 4) is 17.2 Å². The summed E-state index contributed by atoms with van der Waals surface area (Å²) in [6.07, 6.45) is 4.55. The molecule has 32 heavy (non-hydrogen) atoms. The molecule has 0 N–H and O–H groups in total. The summed E-state index contributed by atoms with van der Waals surface area (Å²) in [6.45, 7) is 8.89. The van der Waals surface area contributed by atoms with Gasteiger partial charge in [-0.25, -0.2) is 0 Å². The third-order valence-electron chi connectivity index (χ3n) is 5.81. The third kappa shape index (κ3) is 5.43. The molecule has 0 saturated carbocycles. The van der Waals surface area contributed by atoms with E-state index in [1.807, 2.05) is 43.0 Å². The standard InChI is InChI=1S/C26H32N2O4/c1-19(2)32-24-8-4-20(17-25(24)30-3)6-9-26(29)28-13-11-27(12-14-28)18-21-5-7-23-22(16-21)10-15-31-23/h4-9,16-17,19H,10-15,18H2,1-3H3/b9-6+. The van der Waals surface area contributed by atoms with Gasteiger partial charge in [-0.15, -0.1) is 0 Å². The van der Waals surface area contributed by atoms with E-state index in [0.29, 0.717) is 11.5 Å². The lowest BCUT2D eigenvalue weighted by Crippen LogP contribution is -2.47. The van der Waals surface area contributed by atoms with Crippen LogP contribution in [0.25, 0.3) is 6.08 Å². The van der Waals surface area contributed by atoms with E-state index in [4.69, 9.17) is 14.2 Å². The molecule has 0 atom stereocenters. The molecular weight excluding hydrogens is 404 g/mol. The van der Waals surface area contributed by atoms with Crippen molar-refractivity contribution in [1.29, 1.82) is 0 Å². The minimum absolute atomic E-state index is 0.0424. The van der Waals surface area contributed by atoms with Crippen molar-refractivity contribution in [2.45, 2.75) is 32.9 Å². The average molecular weight is 437 g/mol. The Labute approximate surface area is 190 Å². The minimum atomic E-state index is 0.0424. The molecule has 0 unspecified atom stereocenters. The Morgan fingerprint density at radius 2 is 1.91 bits per heavy atom. The largest absolute Gasteiger partial charge is 0.493 e. The molecule has 6 nitrogen and oxygen atoms in total. The first-order chi connectivity index (χ1) is 15.5. The van der Waals surface area contributed by atoms with E-state index >= 15 is 0 Å². The van der Waals surface area contributed by atoms with Gasteiger partial charge in [0.25, 0.3) is 0 Å². The number of carbonyl (C=O) groups excluding carboxylic acids is 1. The number of carbonyl (C=O) groups is 1. The summed E-state index contributed by atoms with van der Waals surface area (Å²) in [7, 11) is 1.62. The Balaban J connectivity index is 1.29. The number of amides is 1. The summed E-state index contributed by atoms with van der Waals surface area (Å²) in [4.78, 5) is 17.0. The van der Waals surface area contributed by atoms with Gasteiger partial charge in [0.1, 0.15) is 5.75 Å². The molecule has 0 radical (unpaired) electrons. The summed E-state index contributed by atoms with van der Waals surface area (Å²) in [5.41, 5.74) is 3.53. The highest BCUT2D eigenvalue weighted by atomic mass is 16.5. The first-order valence-corrected chi connectivity index (χ1v) is 11.3. The summed E-state index contributed by atoms with van der Waals surface area (Å²) in [5, 5.41) is 0. The Kier molecular flexibility index (Phi) is 7.00. The van der Waals surface area contributed by atoms with Gasteiger partial charge in [0.05, 0.1) is 19.8 Å². The van der Waals surface area contributed by atoms with Crippen molar-refractivity contribution >= 4 is 12.0 Å². The van der Waals surface area contributed by atoms with Gasteiger partial charge >= 0.3 is 0 Å². The fourth-order valence-corrected chi connectivity index (χ4v) is 4.13. The average Bonchev–Trinajstić information content (AvgIpc) is 3.26. The molecule has 2 aromatic carbocycles. The number of ether oxygens (including phenoxy) is 3. The van der Waals surface area contributed by atoms with E-state index in [-0.39, 0.29) is 12.0 Å². The maximum absolute atomic E-state index is 12.7. The fourth-order valence-electron chi connectivity index (χ4n) is 4.13. The van der Waals surface area contributed by atoms with E-state index in [1.54, 1.807) is 13.2 Å². The number of piperazine rings is 1. The molecule has 2 heterocycles. The normalized spacial score (nSPS) is 16.3. The van der Waals surface area contributed by atoms with Gasteiger partial charge in [0.2, 0.25) is 5.91 Å². The maximum Gasteiger partial charge on any atom is 0.246 e. The number of hydrogen-bond donors (Lipinski definition) is 0. The molecule has 0 aromatic heterocycles. The number of rotatable bonds is 7. The highest BCUT2D eigenvalue weighted by Crippen LogP contribution is 2.29. The zero-order valence-electron chi connectivity index (χ0n) is 19.2. The van der Waals surface area contributed by atoms with Gasteiger partial charge in [-0.2, -0.15) is 0 Å². The topological polar surface area (TPSA) is 51.2 Å². The summed E-state index contributed by atoms with van der Waals surface area (Å²) >= 11 is 0. The highest BCUT2D eigenvalue weighted by molar-refractivity contribution is 5.92. The van der Waals surface area contributed by atoms with Crippen molar-refractivity contribution in [3.63, 3.8) is 0 Å². The zero-order chi connectivity index (χ0) is 22.5. The Morgan fingerprint density at radius 3 is 2.66 bits per heavy atom. The van der Waals surface area contributed by atoms with Gasteiger partial charge in [-0.3, -0.25) is 9.69 Å². The van der Waals surface area contributed by atoms with Gasteiger partial charge in [0, 0.05) is 45.2 Å². The molecule has 1 fully saturated rings. The van der Waals surface area contributed by atoms with Crippen LogP contribution in [0.4, 0.5) is 0 Å². The number of nitrogens with zero attached hydrogens (tertiary/aromatic N) is 2. The van der Waals surface area contributed by atoms with Gasteiger partial charge < -0.3 is 19.1 Å². The van der Waals surface area contributed by atoms with Crippen LogP contribution in [0.15, 0.2) is 42.5 Å². The molecule has 170 valence electrons. The molecule has 0 bridgehead atoms. The first-order valence-electron chi connectivity index (χ1n) is 11.3. The molecular formula is C26H32N2O4. The van der Waals surface area contributed by atoms with E-state index in [1.165, 1.54) is 11.1 Å². The van der Waals surface area contributed by atoms with E-state index < -0.39 is 0 Å². The second-order valence-electron chi connectivity index (χ2n) is 8.55. The zero-order valence-corrected chi connectivity index (χ0v) is 19.2. The molecule has 2 aliphatic rings. The smallest absolute Gasteiger partial charge is 0.246 e. The van der Waals surface area contributed by atoms with Gasteiger partial charge in [-0.05, 0) is 54.8 Å². The van der Waals surface area contributed by atoms with Crippen LogP contribution in [-0.4, -0.2) is 61.7 Å². The summed E-state index contributed by atoms with van der Waals surface area (Å²) in [6, 6.07) is 12.2. The Morgan fingerprint density at radius 1 is 1.09 bits per heavy atom. The SMILES string of the molecule is COc1cc(/C=C/C(=O)N2CCN(Cc3ccc4c(c3)CCO4)CC2)ccc1OC(C)C. The van der Waals surface area contributed by atoms with E-state index in [2.05, 4.69) is 23.1 Å². The van der Waals surface area contributed by atoms with E-state index in [9.17, 15) is 4.79 Å². The predicted molar refractivity (Wildman–Crippen MR) is 125 cm³/mol. The van der Waals surface area contributed by atoms with Crippen LogP contribution in [0, 0.1) is 0 Å².